The number of hydrogen-bond acceptors (Lipinski definition) is 3. The molecular formula is C16H29BrN4. The molecule has 0 aliphatic heterocycles. The second kappa shape index (κ2) is 7.75. The van der Waals surface area contributed by atoms with E-state index in [4.69, 9.17) is 10.9 Å². The predicted octanol–water partition coefficient (Wildman–Crippen LogP) is 3.43. The van der Waals surface area contributed by atoms with Gasteiger partial charge in [-0.15, -0.1) is 0 Å². The lowest BCUT2D eigenvalue weighted by atomic mass is 9.78. The zero-order valence-corrected chi connectivity index (χ0v) is 15.1. The van der Waals surface area contributed by atoms with Crippen LogP contribution in [0.2, 0.25) is 0 Å². The number of hydrazine groups is 1. The molecule has 1 aromatic heterocycles. The van der Waals surface area contributed by atoms with Gasteiger partial charge in [0.25, 0.3) is 0 Å². The number of nitrogens with one attached hydrogen (secondary N) is 1. The summed E-state index contributed by atoms with van der Waals surface area (Å²) < 4.78 is 3.30. The van der Waals surface area contributed by atoms with Crippen LogP contribution in [0.5, 0.6) is 0 Å². The Hall–Kier alpha value is -0.390. The van der Waals surface area contributed by atoms with Crippen molar-refractivity contribution in [1.29, 1.82) is 0 Å². The Morgan fingerprint density at radius 2 is 2.00 bits per heavy atom. The molecule has 1 aromatic rings. The topological polar surface area (TPSA) is 55.9 Å². The predicted molar refractivity (Wildman–Crippen MR) is 90.9 cm³/mol. The first kappa shape index (κ1) is 17.0. The number of halogens is 1. The molecule has 1 aliphatic carbocycles. The molecule has 1 saturated carbocycles. The highest BCUT2D eigenvalue weighted by Crippen LogP contribution is 2.32. The van der Waals surface area contributed by atoms with Crippen LogP contribution in [-0.4, -0.2) is 15.8 Å². The number of nitrogens with zero attached hydrogens (tertiary/aromatic N) is 2. The molecule has 3 N–H and O–H groups in total. The third-order valence-electron chi connectivity index (χ3n) is 4.95. The van der Waals surface area contributed by atoms with Crippen LogP contribution in [0.15, 0.2) is 4.47 Å². The summed E-state index contributed by atoms with van der Waals surface area (Å²) in [5.74, 6) is 7.43. The van der Waals surface area contributed by atoms with Gasteiger partial charge >= 0.3 is 0 Å². The summed E-state index contributed by atoms with van der Waals surface area (Å²) in [6, 6.07) is 0.348. The third kappa shape index (κ3) is 3.88. The van der Waals surface area contributed by atoms with Gasteiger partial charge in [0.1, 0.15) is 0 Å². The number of rotatable bonds is 6. The number of nitrogens with two attached hydrogens (primary N) is 1. The molecule has 0 saturated heterocycles. The number of hydrogen-bond donors (Lipinski definition) is 2. The summed E-state index contributed by atoms with van der Waals surface area (Å²) in [4.78, 5) is 0. The standard InChI is InChI=1S/C16H29BrN4/c1-4-13-16(17)15(21(5-2)20-13)10-14(19-18)12-8-6-11(3)7-9-12/h11-12,14,19H,4-10,18H2,1-3H3. The lowest BCUT2D eigenvalue weighted by molar-refractivity contribution is 0.227. The third-order valence-corrected chi connectivity index (χ3v) is 5.87. The summed E-state index contributed by atoms with van der Waals surface area (Å²) in [7, 11) is 0. The van der Waals surface area contributed by atoms with E-state index in [1.807, 2.05) is 0 Å². The van der Waals surface area contributed by atoms with Crippen LogP contribution in [0.3, 0.4) is 0 Å². The first-order chi connectivity index (χ1) is 10.1. The number of aromatic nitrogens is 2. The Balaban J connectivity index is 2.13. The SMILES string of the molecule is CCc1nn(CC)c(CC(NN)C2CCC(C)CC2)c1Br. The minimum Gasteiger partial charge on any atom is -0.271 e. The molecule has 0 radical (unpaired) electrons. The first-order valence-corrected chi connectivity index (χ1v) is 9.10. The highest BCUT2D eigenvalue weighted by atomic mass is 79.9. The van der Waals surface area contributed by atoms with E-state index in [0.717, 1.165) is 31.0 Å². The van der Waals surface area contributed by atoms with E-state index in [-0.39, 0.29) is 0 Å². The smallest absolute Gasteiger partial charge is 0.0766 e. The molecule has 1 atom stereocenters. The van der Waals surface area contributed by atoms with Crippen LogP contribution in [0.25, 0.3) is 0 Å². The summed E-state index contributed by atoms with van der Waals surface area (Å²) in [5, 5.41) is 4.69. The van der Waals surface area contributed by atoms with Gasteiger partial charge in [-0.1, -0.05) is 26.7 Å². The molecule has 0 bridgehead atoms. The molecule has 120 valence electrons. The van der Waals surface area contributed by atoms with Crippen molar-refractivity contribution in [2.45, 2.75) is 71.9 Å². The van der Waals surface area contributed by atoms with Crippen molar-refractivity contribution in [1.82, 2.24) is 15.2 Å². The van der Waals surface area contributed by atoms with Crippen LogP contribution in [-0.2, 0) is 19.4 Å². The van der Waals surface area contributed by atoms with E-state index in [2.05, 4.69) is 46.8 Å². The van der Waals surface area contributed by atoms with Crippen LogP contribution in [0.1, 0.15) is 57.8 Å². The Labute approximate surface area is 137 Å². The molecular weight excluding hydrogens is 328 g/mol. The van der Waals surface area contributed by atoms with Gasteiger partial charge in [0.2, 0.25) is 0 Å². The van der Waals surface area contributed by atoms with E-state index >= 15 is 0 Å². The quantitative estimate of drug-likeness (QED) is 0.606. The summed E-state index contributed by atoms with van der Waals surface area (Å²) in [6.07, 6.45) is 7.15. The molecule has 2 rings (SSSR count). The maximum atomic E-state index is 5.87. The fourth-order valence-corrected chi connectivity index (χ4v) is 4.20. The Kier molecular flexibility index (Phi) is 6.26. The highest BCUT2D eigenvalue weighted by molar-refractivity contribution is 9.10. The molecule has 1 unspecified atom stereocenters. The largest absolute Gasteiger partial charge is 0.271 e. The van der Waals surface area contributed by atoms with Gasteiger partial charge in [-0.3, -0.25) is 16.0 Å². The molecule has 1 aliphatic rings. The van der Waals surface area contributed by atoms with Crippen LogP contribution in [0, 0.1) is 11.8 Å². The Bertz CT molecular complexity index is 449. The fourth-order valence-electron chi connectivity index (χ4n) is 3.47. The minimum absolute atomic E-state index is 0.348. The zero-order valence-electron chi connectivity index (χ0n) is 13.5. The lowest BCUT2D eigenvalue weighted by Gasteiger charge is -2.32. The van der Waals surface area contributed by atoms with Crippen molar-refractivity contribution in [3.05, 3.63) is 15.9 Å². The van der Waals surface area contributed by atoms with E-state index in [0.29, 0.717) is 12.0 Å². The van der Waals surface area contributed by atoms with Gasteiger partial charge in [-0.2, -0.15) is 5.10 Å². The van der Waals surface area contributed by atoms with Gasteiger partial charge in [0, 0.05) is 19.0 Å². The first-order valence-electron chi connectivity index (χ1n) is 8.30. The molecule has 1 fully saturated rings. The van der Waals surface area contributed by atoms with E-state index in [9.17, 15) is 0 Å². The van der Waals surface area contributed by atoms with Gasteiger partial charge < -0.3 is 0 Å². The van der Waals surface area contributed by atoms with Crippen molar-refractivity contribution in [3.8, 4) is 0 Å². The van der Waals surface area contributed by atoms with Gasteiger partial charge in [0.15, 0.2) is 0 Å². The van der Waals surface area contributed by atoms with Crippen LogP contribution in [0.4, 0.5) is 0 Å². The van der Waals surface area contributed by atoms with Crippen LogP contribution < -0.4 is 11.3 Å². The molecule has 21 heavy (non-hydrogen) atoms. The number of aryl methyl sites for hydroxylation is 2. The van der Waals surface area contributed by atoms with E-state index in [1.54, 1.807) is 0 Å². The highest BCUT2D eigenvalue weighted by Gasteiger charge is 2.27. The van der Waals surface area contributed by atoms with Gasteiger partial charge in [-0.05, 0) is 54.0 Å². The zero-order chi connectivity index (χ0) is 15.4. The fraction of sp³-hybridized carbons (Fsp3) is 0.812. The second-order valence-corrected chi connectivity index (χ2v) is 7.17. The summed E-state index contributed by atoms with van der Waals surface area (Å²) in [5.41, 5.74) is 5.52. The van der Waals surface area contributed by atoms with Crippen molar-refractivity contribution >= 4 is 15.9 Å². The molecule has 0 amide bonds. The molecule has 5 heteroatoms. The lowest BCUT2D eigenvalue weighted by Crippen LogP contribution is -2.44. The van der Waals surface area contributed by atoms with Crippen molar-refractivity contribution in [2.75, 3.05) is 0 Å². The van der Waals surface area contributed by atoms with Crippen molar-refractivity contribution in [2.24, 2.45) is 17.7 Å². The Morgan fingerprint density at radius 3 is 2.52 bits per heavy atom. The van der Waals surface area contributed by atoms with Crippen molar-refractivity contribution < 1.29 is 0 Å². The molecule has 1 heterocycles. The van der Waals surface area contributed by atoms with Crippen LogP contribution >= 0.6 is 15.9 Å². The summed E-state index contributed by atoms with van der Waals surface area (Å²) in [6.45, 7) is 7.57. The average Bonchev–Trinajstić information content (AvgIpc) is 2.81. The van der Waals surface area contributed by atoms with Crippen molar-refractivity contribution in [3.63, 3.8) is 0 Å². The molecule has 0 spiro atoms. The van der Waals surface area contributed by atoms with E-state index < -0.39 is 0 Å². The summed E-state index contributed by atoms with van der Waals surface area (Å²) >= 11 is 3.74. The molecule has 0 aromatic carbocycles. The minimum atomic E-state index is 0.348. The Morgan fingerprint density at radius 1 is 1.33 bits per heavy atom. The second-order valence-electron chi connectivity index (χ2n) is 6.37. The maximum absolute atomic E-state index is 5.87. The molecule has 4 nitrogen and oxygen atoms in total. The monoisotopic (exact) mass is 356 g/mol. The normalized spacial score (nSPS) is 24.2. The van der Waals surface area contributed by atoms with E-state index in [1.165, 1.54) is 35.8 Å². The maximum Gasteiger partial charge on any atom is 0.0766 e. The van der Waals surface area contributed by atoms with Gasteiger partial charge in [-0.25, -0.2) is 0 Å². The van der Waals surface area contributed by atoms with Gasteiger partial charge in [0.05, 0.1) is 15.9 Å². The average molecular weight is 357 g/mol.